The van der Waals surface area contributed by atoms with Crippen LogP contribution in [0.4, 0.5) is 10.2 Å². The Hall–Kier alpha value is -1.53. The van der Waals surface area contributed by atoms with Gasteiger partial charge in [0.05, 0.1) is 10.9 Å². The average Bonchev–Trinajstić information content (AvgIpc) is 2.79. The third-order valence-electron chi connectivity index (χ3n) is 3.03. The molecule has 0 amide bonds. The van der Waals surface area contributed by atoms with E-state index in [4.69, 9.17) is 0 Å². The first-order chi connectivity index (χ1) is 10.1. The van der Waals surface area contributed by atoms with Gasteiger partial charge in [-0.1, -0.05) is 15.9 Å². The Labute approximate surface area is 134 Å². The van der Waals surface area contributed by atoms with E-state index in [1.165, 1.54) is 6.07 Å². The fourth-order valence-electron chi connectivity index (χ4n) is 2.14. The smallest absolute Gasteiger partial charge is 0.166 e. The van der Waals surface area contributed by atoms with E-state index >= 15 is 0 Å². The summed E-state index contributed by atoms with van der Waals surface area (Å²) in [5.74, 6) is 0.828. The zero-order valence-electron chi connectivity index (χ0n) is 11.6. The molecule has 3 aromatic rings. The fraction of sp³-hybridized carbons (Fsp3) is 0.200. The van der Waals surface area contributed by atoms with Gasteiger partial charge >= 0.3 is 0 Å². The third-order valence-corrected chi connectivity index (χ3v) is 4.47. The number of halogens is 2. The molecule has 3 rings (SSSR count). The van der Waals surface area contributed by atoms with Crippen molar-refractivity contribution in [2.45, 2.75) is 13.8 Å². The van der Waals surface area contributed by atoms with Crippen LogP contribution in [-0.4, -0.2) is 16.5 Å². The summed E-state index contributed by atoms with van der Waals surface area (Å²) in [6.07, 6.45) is 0. The average molecular weight is 366 g/mol. The number of anilines is 1. The first-order valence-corrected chi connectivity index (χ1v) is 8.17. The summed E-state index contributed by atoms with van der Waals surface area (Å²) in [6.45, 7) is 4.79. The lowest BCUT2D eigenvalue weighted by atomic mass is 10.2. The molecular formula is C15H13BrFN3S. The minimum Gasteiger partial charge on any atom is -0.370 e. The van der Waals surface area contributed by atoms with Gasteiger partial charge in [-0.2, -0.15) is 0 Å². The standard InChI is InChI=1S/C15H13BrFN3S/c1-3-18-13-11-6-8(2)21-15(11)20-14(19-13)10-5-4-9(16)7-12(10)17/h4-7H,3H2,1-2H3,(H,18,19,20). The van der Waals surface area contributed by atoms with Crippen LogP contribution in [0.1, 0.15) is 11.8 Å². The van der Waals surface area contributed by atoms with E-state index in [2.05, 4.69) is 37.3 Å². The van der Waals surface area contributed by atoms with Crippen LogP contribution in [0.2, 0.25) is 0 Å². The molecule has 0 saturated carbocycles. The zero-order chi connectivity index (χ0) is 15.0. The van der Waals surface area contributed by atoms with Gasteiger partial charge in [-0.05, 0) is 38.1 Å². The third kappa shape index (κ3) is 2.78. The number of aryl methyl sites for hydroxylation is 1. The Morgan fingerprint density at radius 3 is 2.81 bits per heavy atom. The Balaban J connectivity index is 2.22. The molecule has 6 heteroatoms. The lowest BCUT2D eigenvalue weighted by Crippen LogP contribution is -2.02. The second-order valence-electron chi connectivity index (χ2n) is 4.63. The highest BCUT2D eigenvalue weighted by atomic mass is 79.9. The van der Waals surface area contributed by atoms with Crippen LogP contribution >= 0.6 is 27.3 Å². The SMILES string of the molecule is CCNc1nc(-c2ccc(Br)cc2F)nc2sc(C)cc12. The summed E-state index contributed by atoms with van der Waals surface area (Å²) >= 11 is 4.85. The van der Waals surface area contributed by atoms with Crippen LogP contribution in [0, 0.1) is 12.7 Å². The van der Waals surface area contributed by atoms with Gasteiger partial charge in [-0.25, -0.2) is 14.4 Å². The van der Waals surface area contributed by atoms with Crippen molar-refractivity contribution >= 4 is 43.3 Å². The number of nitrogens with one attached hydrogen (secondary N) is 1. The lowest BCUT2D eigenvalue weighted by Gasteiger charge is -2.08. The lowest BCUT2D eigenvalue weighted by molar-refractivity contribution is 0.629. The molecule has 3 nitrogen and oxygen atoms in total. The van der Waals surface area contributed by atoms with E-state index in [0.717, 1.165) is 27.5 Å². The van der Waals surface area contributed by atoms with Gasteiger partial charge in [-0.3, -0.25) is 0 Å². The van der Waals surface area contributed by atoms with E-state index < -0.39 is 0 Å². The molecule has 2 heterocycles. The van der Waals surface area contributed by atoms with Gasteiger partial charge in [0.25, 0.3) is 0 Å². The molecule has 0 atom stereocenters. The topological polar surface area (TPSA) is 37.8 Å². The van der Waals surface area contributed by atoms with Crippen LogP contribution in [-0.2, 0) is 0 Å². The molecule has 108 valence electrons. The summed E-state index contributed by atoms with van der Waals surface area (Å²) in [5, 5.41) is 4.22. The second-order valence-corrected chi connectivity index (χ2v) is 6.78. The van der Waals surface area contributed by atoms with Crippen LogP contribution in [0.5, 0.6) is 0 Å². The molecule has 0 aliphatic heterocycles. The van der Waals surface area contributed by atoms with Crippen LogP contribution in [0.3, 0.4) is 0 Å². The molecule has 0 bridgehead atoms. The van der Waals surface area contributed by atoms with Gasteiger partial charge in [0.15, 0.2) is 5.82 Å². The van der Waals surface area contributed by atoms with E-state index in [1.807, 2.05) is 13.8 Å². The van der Waals surface area contributed by atoms with Gasteiger partial charge in [0.1, 0.15) is 16.5 Å². The Kier molecular flexibility index (Phi) is 3.91. The summed E-state index contributed by atoms with van der Waals surface area (Å²) in [4.78, 5) is 11.0. The number of fused-ring (bicyclic) bond motifs is 1. The van der Waals surface area contributed by atoms with Crippen molar-refractivity contribution in [2.75, 3.05) is 11.9 Å². The van der Waals surface area contributed by atoms with E-state index in [1.54, 1.807) is 23.5 Å². The molecule has 0 radical (unpaired) electrons. The van der Waals surface area contributed by atoms with Crippen molar-refractivity contribution in [3.8, 4) is 11.4 Å². The highest BCUT2D eigenvalue weighted by Gasteiger charge is 2.14. The van der Waals surface area contributed by atoms with Gasteiger partial charge in [-0.15, -0.1) is 11.3 Å². The fourth-order valence-corrected chi connectivity index (χ4v) is 3.35. The molecular weight excluding hydrogens is 353 g/mol. The molecule has 21 heavy (non-hydrogen) atoms. The minimum absolute atomic E-state index is 0.334. The molecule has 0 unspecified atom stereocenters. The number of aromatic nitrogens is 2. The van der Waals surface area contributed by atoms with Gasteiger partial charge in [0, 0.05) is 15.9 Å². The van der Waals surface area contributed by atoms with Crippen molar-refractivity contribution < 1.29 is 4.39 Å². The highest BCUT2D eigenvalue weighted by Crippen LogP contribution is 2.32. The second kappa shape index (κ2) is 5.69. The Morgan fingerprint density at radius 2 is 2.10 bits per heavy atom. The Bertz CT molecular complexity index is 816. The van der Waals surface area contributed by atoms with Crippen molar-refractivity contribution in [3.05, 3.63) is 39.4 Å². The van der Waals surface area contributed by atoms with Crippen molar-refractivity contribution in [2.24, 2.45) is 0 Å². The normalized spacial score (nSPS) is 11.0. The Morgan fingerprint density at radius 1 is 1.29 bits per heavy atom. The maximum absolute atomic E-state index is 14.1. The molecule has 0 saturated heterocycles. The quantitative estimate of drug-likeness (QED) is 0.709. The molecule has 0 aliphatic carbocycles. The molecule has 0 fully saturated rings. The molecule has 1 N–H and O–H groups in total. The van der Waals surface area contributed by atoms with Gasteiger partial charge < -0.3 is 5.32 Å². The molecule has 0 spiro atoms. The van der Waals surface area contributed by atoms with Crippen molar-refractivity contribution in [3.63, 3.8) is 0 Å². The summed E-state index contributed by atoms with van der Waals surface area (Å²) in [5.41, 5.74) is 0.408. The first-order valence-electron chi connectivity index (χ1n) is 6.56. The molecule has 2 aromatic heterocycles. The predicted octanol–water partition coefficient (Wildman–Crippen LogP) is 5.00. The number of hydrogen-bond acceptors (Lipinski definition) is 4. The zero-order valence-corrected chi connectivity index (χ0v) is 14.0. The first kappa shape index (κ1) is 14.4. The van der Waals surface area contributed by atoms with Crippen LogP contribution in [0.15, 0.2) is 28.7 Å². The van der Waals surface area contributed by atoms with Crippen molar-refractivity contribution in [1.29, 1.82) is 0 Å². The number of rotatable bonds is 3. The van der Waals surface area contributed by atoms with E-state index in [0.29, 0.717) is 15.9 Å². The van der Waals surface area contributed by atoms with Gasteiger partial charge in [0.2, 0.25) is 0 Å². The van der Waals surface area contributed by atoms with E-state index in [-0.39, 0.29) is 5.82 Å². The molecule has 1 aromatic carbocycles. The maximum Gasteiger partial charge on any atom is 0.166 e. The minimum atomic E-state index is -0.334. The largest absolute Gasteiger partial charge is 0.370 e. The summed E-state index contributed by atoms with van der Waals surface area (Å²) in [6, 6.07) is 6.96. The predicted molar refractivity (Wildman–Crippen MR) is 89.4 cm³/mol. The van der Waals surface area contributed by atoms with Crippen molar-refractivity contribution in [1.82, 2.24) is 9.97 Å². The monoisotopic (exact) mass is 365 g/mol. The highest BCUT2D eigenvalue weighted by molar-refractivity contribution is 9.10. The number of hydrogen-bond donors (Lipinski definition) is 1. The number of thiophene rings is 1. The van der Waals surface area contributed by atoms with Crippen LogP contribution < -0.4 is 5.32 Å². The summed E-state index contributed by atoms with van der Waals surface area (Å²) < 4.78 is 14.8. The molecule has 0 aliphatic rings. The maximum atomic E-state index is 14.1. The van der Waals surface area contributed by atoms with Crippen LogP contribution in [0.25, 0.3) is 21.6 Å². The summed E-state index contributed by atoms with van der Waals surface area (Å²) in [7, 11) is 0. The number of nitrogens with zero attached hydrogens (tertiary/aromatic N) is 2. The number of benzene rings is 1. The van der Waals surface area contributed by atoms with E-state index in [9.17, 15) is 4.39 Å².